The fraction of sp³-hybridized carbons (Fsp3) is 0.400. The monoisotopic (exact) mass is 271 g/mol. The zero-order valence-electron chi connectivity index (χ0n) is 9.74. The Labute approximate surface area is 104 Å². The van der Waals surface area contributed by atoms with Gasteiger partial charge in [0.15, 0.2) is 4.90 Å². The quantitative estimate of drug-likeness (QED) is 0.498. The van der Waals surface area contributed by atoms with Crippen LogP contribution >= 0.6 is 0 Å². The first-order chi connectivity index (χ1) is 8.35. The molecule has 98 valence electrons. The van der Waals surface area contributed by atoms with E-state index in [4.69, 9.17) is 5.73 Å². The van der Waals surface area contributed by atoms with E-state index in [0.29, 0.717) is 0 Å². The molecule has 0 aliphatic heterocycles. The molecule has 0 heterocycles. The van der Waals surface area contributed by atoms with Gasteiger partial charge >= 0.3 is 5.69 Å². The van der Waals surface area contributed by atoms with E-state index in [1.807, 2.05) is 0 Å². The number of nitrogens with zero attached hydrogens (tertiary/aromatic N) is 2. The van der Waals surface area contributed by atoms with Crippen molar-refractivity contribution in [1.29, 1.82) is 0 Å². The molecule has 1 fully saturated rings. The summed E-state index contributed by atoms with van der Waals surface area (Å²) in [6.07, 6.45) is 1.57. The maximum atomic E-state index is 12.3. The highest BCUT2D eigenvalue weighted by molar-refractivity contribution is 7.89. The maximum Gasteiger partial charge on any atom is 0.312 e. The zero-order valence-corrected chi connectivity index (χ0v) is 10.6. The molecule has 0 spiro atoms. The van der Waals surface area contributed by atoms with Crippen LogP contribution in [-0.4, -0.2) is 30.7 Å². The second kappa shape index (κ2) is 4.21. The van der Waals surface area contributed by atoms with Crippen molar-refractivity contribution in [2.24, 2.45) is 0 Å². The van der Waals surface area contributed by atoms with Gasteiger partial charge in [0.25, 0.3) is 0 Å². The molecule has 2 rings (SSSR count). The summed E-state index contributed by atoms with van der Waals surface area (Å²) in [5, 5.41) is 10.9. The highest BCUT2D eigenvalue weighted by atomic mass is 32.2. The summed E-state index contributed by atoms with van der Waals surface area (Å²) < 4.78 is 25.7. The number of nitrogens with two attached hydrogens (primary N) is 1. The van der Waals surface area contributed by atoms with Crippen LogP contribution in [0, 0.1) is 10.1 Å². The van der Waals surface area contributed by atoms with Crippen LogP contribution in [0.1, 0.15) is 12.8 Å². The molecule has 1 aromatic carbocycles. The van der Waals surface area contributed by atoms with Gasteiger partial charge in [-0.3, -0.25) is 10.1 Å². The zero-order chi connectivity index (χ0) is 13.5. The Kier molecular flexibility index (Phi) is 2.99. The fourth-order valence-electron chi connectivity index (χ4n) is 1.73. The van der Waals surface area contributed by atoms with E-state index in [-0.39, 0.29) is 16.6 Å². The molecule has 0 atom stereocenters. The summed E-state index contributed by atoms with van der Waals surface area (Å²) in [7, 11) is -2.43. The number of nitro benzene ring substituents is 1. The predicted molar refractivity (Wildman–Crippen MR) is 65.5 cm³/mol. The summed E-state index contributed by atoms with van der Waals surface area (Å²) in [5.41, 5.74) is 4.79. The van der Waals surface area contributed by atoms with Crippen LogP contribution in [-0.2, 0) is 10.0 Å². The van der Waals surface area contributed by atoms with Gasteiger partial charge in [-0.2, -0.15) is 4.31 Å². The van der Waals surface area contributed by atoms with E-state index in [1.165, 1.54) is 29.6 Å². The number of nitrogen functional groups attached to an aromatic ring is 1. The molecule has 0 unspecified atom stereocenters. The number of rotatable bonds is 4. The highest BCUT2D eigenvalue weighted by Gasteiger charge is 2.38. The highest BCUT2D eigenvalue weighted by Crippen LogP contribution is 2.35. The number of para-hydroxylation sites is 1. The second-order valence-corrected chi connectivity index (χ2v) is 6.17. The summed E-state index contributed by atoms with van der Waals surface area (Å²) in [4.78, 5) is 9.83. The van der Waals surface area contributed by atoms with Crippen molar-refractivity contribution in [1.82, 2.24) is 4.31 Å². The Balaban J connectivity index is 2.57. The number of sulfonamides is 1. The van der Waals surface area contributed by atoms with Gasteiger partial charge in [-0.05, 0) is 25.0 Å². The molecule has 0 saturated heterocycles. The summed E-state index contributed by atoms with van der Waals surface area (Å²) in [6.45, 7) is 0. The first-order valence-electron chi connectivity index (χ1n) is 5.36. The molecule has 1 aliphatic rings. The van der Waals surface area contributed by atoms with E-state index in [9.17, 15) is 18.5 Å². The second-order valence-electron chi connectivity index (χ2n) is 4.20. The lowest BCUT2D eigenvalue weighted by Gasteiger charge is -2.16. The summed E-state index contributed by atoms with van der Waals surface area (Å²) >= 11 is 0. The van der Waals surface area contributed by atoms with Gasteiger partial charge < -0.3 is 5.73 Å². The lowest BCUT2D eigenvalue weighted by Crippen LogP contribution is -2.29. The van der Waals surface area contributed by atoms with E-state index < -0.39 is 20.6 Å². The SMILES string of the molecule is CN(C1CC1)S(=O)(=O)c1cccc(N)c1[N+](=O)[O-]. The van der Waals surface area contributed by atoms with Crippen LogP contribution in [0.4, 0.5) is 11.4 Å². The lowest BCUT2D eigenvalue weighted by atomic mass is 10.3. The van der Waals surface area contributed by atoms with Crippen molar-refractivity contribution in [2.75, 3.05) is 12.8 Å². The number of nitro groups is 1. The van der Waals surface area contributed by atoms with Gasteiger partial charge in [0, 0.05) is 13.1 Å². The molecule has 0 bridgehead atoms. The fourth-order valence-corrected chi connectivity index (χ4v) is 3.33. The normalized spacial score (nSPS) is 15.9. The van der Waals surface area contributed by atoms with Crippen LogP contribution in [0.2, 0.25) is 0 Å². The van der Waals surface area contributed by atoms with E-state index >= 15 is 0 Å². The predicted octanol–water partition coefficient (Wildman–Crippen LogP) is 0.960. The number of benzene rings is 1. The third-order valence-corrected chi connectivity index (χ3v) is 4.87. The molecule has 2 N–H and O–H groups in total. The maximum absolute atomic E-state index is 12.3. The Morgan fingerprint density at radius 1 is 1.44 bits per heavy atom. The molecular weight excluding hydrogens is 258 g/mol. The van der Waals surface area contributed by atoms with Crippen molar-refractivity contribution in [3.63, 3.8) is 0 Å². The van der Waals surface area contributed by atoms with E-state index in [0.717, 1.165) is 12.8 Å². The largest absolute Gasteiger partial charge is 0.393 e. The van der Waals surface area contributed by atoms with Crippen molar-refractivity contribution in [2.45, 2.75) is 23.8 Å². The van der Waals surface area contributed by atoms with Gasteiger partial charge in [0.05, 0.1) is 4.92 Å². The molecule has 0 radical (unpaired) electrons. The van der Waals surface area contributed by atoms with E-state index in [1.54, 1.807) is 0 Å². The Morgan fingerprint density at radius 2 is 2.06 bits per heavy atom. The van der Waals surface area contributed by atoms with Gasteiger partial charge in [0.1, 0.15) is 5.69 Å². The minimum Gasteiger partial charge on any atom is -0.393 e. The molecule has 0 amide bonds. The number of hydrogen-bond acceptors (Lipinski definition) is 5. The molecule has 0 aromatic heterocycles. The smallest absolute Gasteiger partial charge is 0.312 e. The van der Waals surface area contributed by atoms with Crippen LogP contribution < -0.4 is 5.73 Å². The first kappa shape index (κ1) is 12.8. The van der Waals surface area contributed by atoms with Gasteiger partial charge in [-0.1, -0.05) is 6.07 Å². The minimum absolute atomic E-state index is 0.0592. The van der Waals surface area contributed by atoms with E-state index in [2.05, 4.69) is 0 Å². The van der Waals surface area contributed by atoms with Crippen molar-refractivity contribution in [3.8, 4) is 0 Å². The van der Waals surface area contributed by atoms with Gasteiger partial charge in [-0.15, -0.1) is 0 Å². The molecule has 1 aliphatic carbocycles. The van der Waals surface area contributed by atoms with Gasteiger partial charge in [-0.25, -0.2) is 8.42 Å². The third kappa shape index (κ3) is 2.04. The van der Waals surface area contributed by atoms with Crippen LogP contribution in [0.5, 0.6) is 0 Å². The summed E-state index contributed by atoms with van der Waals surface area (Å²) in [5.74, 6) is 0. The third-order valence-electron chi connectivity index (χ3n) is 2.93. The molecule has 1 aromatic rings. The summed E-state index contributed by atoms with van der Waals surface area (Å²) in [6, 6.07) is 3.86. The molecular formula is C10H13N3O4S. The molecule has 7 nitrogen and oxygen atoms in total. The molecule has 1 saturated carbocycles. The van der Waals surface area contributed by atoms with Crippen LogP contribution in [0.15, 0.2) is 23.1 Å². The Hall–Kier alpha value is -1.67. The number of anilines is 1. The Morgan fingerprint density at radius 3 is 2.56 bits per heavy atom. The lowest BCUT2D eigenvalue weighted by molar-refractivity contribution is -0.386. The van der Waals surface area contributed by atoms with Crippen molar-refractivity contribution < 1.29 is 13.3 Å². The first-order valence-corrected chi connectivity index (χ1v) is 6.80. The topological polar surface area (TPSA) is 107 Å². The van der Waals surface area contributed by atoms with Crippen LogP contribution in [0.3, 0.4) is 0 Å². The van der Waals surface area contributed by atoms with Gasteiger partial charge in [0.2, 0.25) is 10.0 Å². The van der Waals surface area contributed by atoms with Crippen LogP contribution in [0.25, 0.3) is 0 Å². The number of hydrogen-bond donors (Lipinski definition) is 1. The Bertz CT molecular complexity index is 595. The average molecular weight is 271 g/mol. The average Bonchev–Trinajstić information content (AvgIpc) is 3.10. The van der Waals surface area contributed by atoms with Crippen molar-refractivity contribution in [3.05, 3.63) is 28.3 Å². The minimum atomic E-state index is -3.86. The van der Waals surface area contributed by atoms with Crippen molar-refractivity contribution >= 4 is 21.4 Å². The molecule has 8 heteroatoms. The molecule has 18 heavy (non-hydrogen) atoms. The standard InChI is InChI=1S/C10H13N3O4S/c1-12(7-5-6-7)18(16,17)9-4-2-3-8(11)10(9)13(14)15/h2-4,7H,5-6,11H2,1H3.